The van der Waals surface area contributed by atoms with E-state index in [1.54, 1.807) is 6.07 Å². The second-order valence-electron chi connectivity index (χ2n) is 3.58. The quantitative estimate of drug-likeness (QED) is 0.339. The first-order valence-corrected chi connectivity index (χ1v) is 4.89. The Hall–Kier alpha value is -2.36. The van der Waals surface area contributed by atoms with Crippen LogP contribution in [0.2, 0.25) is 0 Å². The Morgan fingerprint density at radius 3 is 2.31 bits per heavy atom. The van der Waals surface area contributed by atoms with Crippen molar-refractivity contribution in [2.45, 2.75) is 0 Å². The third-order valence-corrected chi connectivity index (χ3v) is 2.53. The summed E-state index contributed by atoms with van der Waals surface area (Å²) in [5, 5.41) is 9.50. The number of nitrogens with zero attached hydrogens (tertiary/aromatic N) is 2. The number of hydrogen-bond donors (Lipinski definition) is 2. The lowest BCUT2D eigenvalue weighted by Gasteiger charge is -2.04. The maximum atomic E-state index is 9.50. The fourth-order valence-corrected chi connectivity index (χ4v) is 1.70. The monoisotopic (exact) mass is 211 g/mol. The van der Waals surface area contributed by atoms with Gasteiger partial charge in [-0.05, 0) is 24.3 Å². The summed E-state index contributed by atoms with van der Waals surface area (Å²) in [7, 11) is 0. The molecule has 0 saturated carbocycles. The number of benzene rings is 2. The zero-order chi connectivity index (χ0) is 11.1. The molecule has 0 aliphatic rings. The molecule has 0 radical (unpaired) electrons. The molecule has 0 saturated heterocycles. The van der Waals surface area contributed by atoms with Crippen LogP contribution in [0.3, 0.4) is 0 Å². The topological polar surface area (TPSA) is 72.0 Å². The highest BCUT2D eigenvalue weighted by Crippen LogP contribution is 2.28. The number of rotatable bonds is 0. The van der Waals surface area contributed by atoms with Crippen molar-refractivity contribution in [2.75, 3.05) is 5.73 Å². The highest BCUT2D eigenvalue weighted by atomic mass is 16.3. The molecule has 0 aliphatic carbocycles. The number of phenolic OH excluding ortho intramolecular Hbond substituents is 1. The van der Waals surface area contributed by atoms with Crippen molar-refractivity contribution >= 4 is 27.8 Å². The molecule has 0 spiro atoms. The predicted octanol–water partition coefficient (Wildman–Crippen LogP) is 2.07. The molecule has 4 heteroatoms. The summed E-state index contributed by atoms with van der Waals surface area (Å²) >= 11 is 0. The van der Waals surface area contributed by atoms with E-state index in [9.17, 15) is 5.11 Å². The van der Waals surface area contributed by atoms with E-state index in [2.05, 4.69) is 9.97 Å². The number of phenols is 1. The van der Waals surface area contributed by atoms with Gasteiger partial charge in [0.05, 0.1) is 16.6 Å². The molecule has 0 amide bonds. The number of aromatic nitrogens is 2. The Kier molecular flexibility index (Phi) is 1.71. The van der Waals surface area contributed by atoms with Crippen molar-refractivity contribution in [2.24, 2.45) is 0 Å². The van der Waals surface area contributed by atoms with E-state index in [1.807, 2.05) is 24.3 Å². The maximum absolute atomic E-state index is 9.50. The standard InChI is InChI=1S/C12H9N3O/c13-11-10(16)6-5-9-12(11)15-8-4-2-1-3-7(8)14-9/h1-6,16H,13H2. The molecule has 1 heterocycles. The zero-order valence-corrected chi connectivity index (χ0v) is 8.38. The SMILES string of the molecule is Nc1c(O)ccc2nc3ccccc3nc12. The lowest BCUT2D eigenvalue weighted by Crippen LogP contribution is -1.93. The molecular formula is C12H9N3O. The number of aromatic hydroxyl groups is 1. The fraction of sp³-hybridized carbons (Fsp3) is 0. The van der Waals surface area contributed by atoms with Crippen LogP contribution in [0.5, 0.6) is 5.75 Å². The lowest BCUT2D eigenvalue weighted by molar-refractivity contribution is 0.478. The van der Waals surface area contributed by atoms with E-state index >= 15 is 0 Å². The Balaban J connectivity index is 2.51. The molecular weight excluding hydrogens is 202 g/mol. The van der Waals surface area contributed by atoms with Crippen molar-refractivity contribution < 1.29 is 5.11 Å². The number of anilines is 1. The molecule has 1 aromatic heterocycles. The highest BCUT2D eigenvalue weighted by molar-refractivity contribution is 5.94. The van der Waals surface area contributed by atoms with Crippen LogP contribution in [0.15, 0.2) is 36.4 Å². The first-order chi connectivity index (χ1) is 7.75. The Morgan fingerprint density at radius 2 is 1.56 bits per heavy atom. The minimum absolute atomic E-state index is 0.0390. The fourth-order valence-electron chi connectivity index (χ4n) is 1.70. The average molecular weight is 211 g/mol. The molecule has 0 fully saturated rings. The second kappa shape index (κ2) is 3.06. The number of fused-ring (bicyclic) bond motifs is 2. The third-order valence-electron chi connectivity index (χ3n) is 2.53. The van der Waals surface area contributed by atoms with E-state index in [0.29, 0.717) is 11.0 Å². The minimum Gasteiger partial charge on any atom is -0.506 e. The summed E-state index contributed by atoms with van der Waals surface area (Å²) in [5.74, 6) is 0.0390. The molecule has 4 nitrogen and oxygen atoms in total. The van der Waals surface area contributed by atoms with Crippen LogP contribution < -0.4 is 5.73 Å². The van der Waals surface area contributed by atoms with Gasteiger partial charge in [-0.15, -0.1) is 0 Å². The van der Waals surface area contributed by atoms with Gasteiger partial charge in [-0.3, -0.25) is 0 Å². The van der Waals surface area contributed by atoms with Crippen LogP contribution in [0, 0.1) is 0 Å². The van der Waals surface area contributed by atoms with Gasteiger partial charge in [0.25, 0.3) is 0 Å². The Morgan fingerprint density at radius 1 is 0.875 bits per heavy atom. The smallest absolute Gasteiger partial charge is 0.140 e. The average Bonchev–Trinajstić information content (AvgIpc) is 2.32. The number of hydrogen-bond acceptors (Lipinski definition) is 4. The van der Waals surface area contributed by atoms with Gasteiger partial charge >= 0.3 is 0 Å². The third kappa shape index (κ3) is 1.16. The van der Waals surface area contributed by atoms with E-state index < -0.39 is 0 Å². The summed E-state index contributed by atoms with van der Waals surface area (Å²) in [6, 6.07) is 10.8. The van der Waals surface area contributed by atoms with Gasteiger partial charge in [-0.2, -0.15) is 0 Å². The lowest BCUT2D eigenvalue weighted by atomic mass is 10.2. The van der Waals surface area contributed by atoms with Crippen LogP contribution in [0.4, 0.5) is 5.69 Å². The predicted molar refractivity (Wildman–Crippen MR) is 63.1 cm³/mol. The first-order valence-electron chi connectivity index (χ1n) is 4.89. The van der Waals surface area contributed by atoms with Crippen molar-refractivity contribution in [3.8, 4) is 5.75 Å². The van der Waals surface area contributed by atoms with Gasteiger partial charge in [0, 0.05) is 0 Å². The van der Waals surface area contributed by atoms with Crippen LogP contribution in [-0.2, 0) is 0 Å². The molecule has 3 N–H and O–H groups in total. The Bertz CT molecular complexity index is 694. The largest absolute Gasteiger partial charge is 0.506 e. The molecule has 2 aromatic carbocycles. The van der Waals surface area contributed by atoms with Crippen molar-refractivity contribution in [1.82, 2.24) is 9.97 Å². The van der Waals surface area contributed by atoms with Crippen LogP contribution in [0.25, 0.3) is 22.1 Å². The number of para-hydroxylation sites is 2. The number of nitrogen functional groups attached to an aromatic ring is 1. The summed E-state index contributed by atoms with van der Waals surface area (Å²) in [4.78, 5) is 8.82. The van der Waals surface area contributed by atoms with Crippen molar-refractivity contribution in [1.29, 1.82) is 0 Å². The molecule has 0 atom stereocenters. The maximum Gasteiger partial charge on any atom is 0.140 e. The van der Waals surface area contributed by atoms with Crippen molar-refractivity contribution in [3.63, 3.8) is 0 Å². The van der Waals surface area contributed by atoms with Crippen molar-refractivity contribution in [3.05, 3.63) is 36.4 Å². The van der Waals surface area contributed by atoms with Gasteiger partial charge < -0.3 is 10.8 Å². The van der Waals surface area contributed by atoms with Crippen LogP contribution in [-0.4, -0.2) is 15.1 Å². The van der Waals surface area contributed by atoms with E-state index in [-0.39, 0.29) is 11.4 Å². The molecule has 3 aromatic rings. The molecule has 3 rings (SSSR count). The highest BCUT2D eigenvalue weighted by Gasteiger charge is 2.07. The normalized spacial score (nSPS) is 11.0. The van der Waals surface area contributed by atoms with Gasteiger partial charge in [-0.1, -0.05) is 12.1 Å². The molecule has 0 bridgehead atoms. The number of nitrogens with two attached hydrogens (primary N) is 1. The van der Waals surface area contributed by atoms with Gasteiger partial charge in [0.2, 0.25) is 0 Å². The van der Waals surface area contributed by atoms with E-state index in [4.69, 9.17) is 5.73 Å². The first kappa shape index (κ1) is 8.91. The summed E-state index contributed by atoms with van der Waals surface area (Å²) in [6.45, 7) is 0. The molecule has 0 aliphatic heterocycles. The summed E-state index contributed by atoms with van der Waals surface area (Å²) in [6.07, 6.45) is 0. The van der Waals surface area contributed by atoms with Gasteiger partial charge in [0.1, 0.15) is 17.0 Å². The molecule has 16 heavy (non-hydrogen) atoms. The molecule has 78 valence electrons. The van der Waals surface area contributed by atoms with Gasteiger partial charge in [-0.25, -0.2) is 9.97 Å². The second-order valence-corrected chi connectivity index (χ2v) is 3.58. The van der Waals surface area contributed by atoms with Crippen LogP contribution in [0.1, 0.15) is 0 Å². The van der Waals surface area contributed by atoms with E-state index in [1.165, 1.54) is 6.07 Å². The summed E-state index contributed by atoms with van der Waals surface area (Å²) in [5.41, 5.74) is 8.85. The van der Waals surface area contributed by atoms with Crippen LogP contribution >= 0.6 is 0 Å². The molecule has 0 unspecified atom stereocenters. The van der Waals surface area contributed by atoms with E-state index in [0.717, 1.165) is 11.0 Å². The Labute approximate surface area is 91.4 Å². The summed E-state index contributed by atoms with van der Waals surface area (Å²) < 4.78 is 0. The van der Waals surface area contributed by atoms with Gasteiger partial charge in [0.15, 0.2) is 0 Å². The minimum atomic E-state index is 0.0390. The zero-order valence-electron chi connectivity index (χ0n) is 8.38.